The molecule has 2 amide bonds. The number of carbonyl (C=O) groups is 3. The molecule has 1 atom stereocenters. The first kappa shape index (κ1) is 16.5. The molecule has 1 unspecified atom stereocenters. The molecule has 0 aromatic carbocycles. The van der Waals surface area contributed by atoms with Crippen molar-refractivity contribution in [3.05, 3.63) is 35.3 Å². The van der Waals surface area contributed by atoms with Crippen LogP contribution in [0.1, 0.15) is 35.1 Å². The van der Waals surface area contributed by atoms with E-state index in [0.717, 1.165) is 5.56 Å². The molecule has 2 aromatic rings. The minimum Gasteiger partial charge on any atom is -0.480 e. The van der Waals surface area contributed by atoms with Gasteiger partial charge in [-0.05, 0) is 31.0 Å². The largest absolute Gasteiger partial charge is 0.480 e. The topological polar surface area (TPSA) is 127 Å². The Morgan fingerprint density at radius 3 is 2.70 bits per heavy atom. The summed E-state index contributed by atoms with van der Waals surface area (Å²) in [4.78, 5) is 39.0. The lowest BCUT2D eigenvalue weighted by Gasteiger charge is -2.13. The molecule has 0 aliphatic heterocycles. The van der Waals surface area contributed by atoms with Crippen molar-refractivity contribution in [2.24, 2.45) is 5.73 Å². The Bertz CT molecular complexity index is 781. The SMILES string of the molecule is CCc1nc2cc(C)ccn2c1C(=O)NC(CC(N)=O)C(=O)O. The van der Waals surface area contributed by atoms with Gasteiger partial charge < -0.3 is 16.2 Å². The third-order valence-corrected chi connectivity index (χ3v) is 3.41. The number of nitrogens with two attached hydrogens (primary N) is 1. The summed E-state index contributed by atoms with van der Waals surface area (Å²) in [5.41, 5.74) is 7.43. The van der Waals surface area contributed by atoms with E-state index in [1.807, 2.05) is 26.0 Å². The van der Waals surface area contributed by atoms with E-state index in [4.69, 9.17) is 10.8 Å². The number of fused-ring (bicyclic) bond motifs is 1. The highest BCUT2D eigenvalue weighted by molar-refractivity contribution is 5.98. The minimum atomic E-state index is -1.37. The number of aromatic nitrogens is 2. The van der Waals surface area contributed by atoms with Crippen molar-refractivity contribution < 1.29 is 19.5 Å². The summed E-state index contributed by atoms with van der Waals surface area (Å²) < 4.78 is 1.60. The zero-order valence-corrected chi connectivity index (χ0v) is 12.9. The van der Waals surface area contributed by atoms with Crippen LogP contribution in [0.4, 0.5) is 0 Å². The molecule has 4 N–H and O–H groups in total. The molecular formula is C15H18N4O4. The highest BCUT2D eigenvalue weighted by Gasteiger charge is 2.26. The van der Waals surface area contributed by atoms with Gasteiger partial charge in [-0.15, -0.1) is 0 Å². The number of rotatable bonds is 6. The lowest BCUT2D eigenvalue weighted by Crippen LogP contribution is -2.43. The van der Waals surface area contributed by atoms with Crippen LogP contribution < -0.4 is 11.1 Å². The van der Waals surface area contributed by atoms with Gasteiger partial charge in [0, 0.05) is 6.20 Å². The first-order chi connectivity index (χ1) is 10.8. The molecular weight excluding hydrogens is 300 g/mol. The zero-order chi connectivity index (χ0) is 17.1. The number of primary amides is 1. The van der Waals surface area contributed by atoms with Gasteiger partial charge in [0.2, 0.25) is 5.91 Å². The highest BCUT2D eigenvalue weighted by atomic mass is 16.4. The molecule has 2 heterocycles. The second-order valence-corrected chi connectivity index (χ2v) is 5.23. The maximum absolute atomic E-state index is 12.5. The summed E-state index contributed by atoms with van der Waals surface area (Å²) in [5.74, 6) is -2.73. The number of nitrogens with one attached hydrogen (secondary N) is 1. The molecule has 0 aliphatic rings. The van der Waals surface area contributed by atoms with Crippen LogP contribution in [-0.4, -0.2) is 38.3 Å². The highest BCUT2D eigenvalue weighted by Crippen LogP contribution is 2.15. The summed E-state index contributed by atoms with van der Waals surface area (Å²) >= 11 is 0. The van der Waals surface area contributed by atoms with Crippen LogP contribution >= 0.6 is 0 Å². The molecule has 0 radical (unpaired) electrons. The number of aliphatic carboxylic acids is 1. The average molecular weight is 318 g/mol. The number of hydrogen-bond donors (Lipinski definition) is 3. The van der Waals surface area contributed by atoms with Gasteiger partial charge in [0.05, 0.1) is 12.1 Å². The molecule has 0 bridgehead atoms. The number of carbonyl (C=O) groups excluding carboxylic acids is 2. The Balaban J connectivity index is 2.40. The summed E-state index contributed by atoms with van der Waals surface area (Å²) in [6, 6.07) is 2.28. The van der Waals surface area contributed by atoms with Gasteiger partial charge in [-0.2, -0.15) is 0 Å². The monoisotopic (exact) mass is 318 g/mol. The average Bonchev–Trinajstić information content (AvgIpc) is 2.83. The molecule has 122 valence electrons. The van der Waals surface area contributed by atoms with E-state index in [1.165, 1.54) is 0 Å². The normalized spacial score (nSPS) is 12.1. The van der Waals surface area contributed by atoms with Gasteiger partial charge in [0.25, 0.3) is 5.91 Å². The number of imidazole rings is 1. The quantitative estimate of drug-likeness (QED) is 0.704. The van der Waals surface area contributed by atoms with Crippen molar-refractivity contribution in [2.75, 3.05) is 0 Å². The Morgan fingerprint density at radius 1 is 1.43 bits per heavy atom. The number of amides is 2. The summed E-state index contributed by atoms with van der Waals surface area (Å²) in [6.07, 6.45) is 1.74. The van der Waals surface area contributed by atoms with Crippen LogP contribution in [0.5, 0.6) is 0 Å². The van der Waals surface area contributed by atoms with E-state index in [0.29, 0.717) is 17.8 Å². The van der Waals surface area contributed by atoms with E-state index in [2.05, 4.69) is 10.3 Å². The number of aryl methyl sites for hydroxylation is 2. The Kier molecular flexibility index (Phi) is 4.63. The lowest BCUT2D eigenvalue weighted by molar-refractivity contribution is -0.140. The molecule has 8 nitrogen and oxygen atoms in total. The first-order valence-electron chi connectivity index (χ1n) is 7.13. The number of carboxylic acids is 1. The molecule has 0 fully saturated rings. The molecule has 0 aliphatic carbocycles. The molecule has 23 heavy (non-hydrogen) atoms. The van der Waals surface area contributed by atoms with Gasteiger partial charge in [-0.25, -0.2) is 9.78 Å². The number of hydrogen-bond acceptors (Lipinski definition) is 4. The fourth-order valence-electron chi connectivity index (χ4n) is 2.31. The molecule has 0 spiro atoms. The zero-order valence-electron chi connectivity index (χ0n) is 12.9. The van der Waals surface area contributed by atoms with Crippen molar-refractivity contribution in [2.45, 2.75) is 32.7 Å². The van der Waals surface area contributed by atoms with Crippen LogP contribution in [0.25, 0.3) is 5.65 Å². The predicted molar refractivity (Wildman–Crippen MR) is 82.0 cm³/mol. The second kappa shape index (κ2) is 6.47. The van der Waals surface area contributed by atoms with Crippen molar-refractivity contribution >= 4 is 23.4 Å². The second-order valence-electron chi connectivity index (χ2n) is 5.23. The van der Waals surface area contributed by atoms with Crippen molar-refractivity contribution in [1.29, 1.82) is 0 Å². The van der Waals surface area contributed by atoms with E-state index >= 15 is 0 Å². The number of carboxylic acid groups (broad SMARTS) is 1. The third-order valence-electron chi connectivity index (χ3n) is 3.41. The standard InChI is InChI=1S/C15H18N4O4/c1-3-9-13(19-5-4-8(2)6-12(19)17-9)14(21)18-10(15(22)23)7-11(16)20/h4-6,10H,3,7H2,1-2H3,(H2,16,20)(H,18,21)(H,22,23). The van der Waals surface area contributed by atoms with Crippen molar-refractivity contribution in [1.82, 2.24) is 14.7 Å². The molecule has 2 rings (SSSR count). The molecule has 0 saturated heterocycles. The van der Waals surface area contributed by atoms with Crippen LogP contribution in [0, 0.1) is 6.92 Å². The van der Waals surface area contributed by atoms with Gasteiger partial charge in [0.15, 0.2) is 0 Å². The summed E-state index contributed by atoms with van der Waals surface area (Å²) in [6.45, 7) is 3.76. The van der Waals surface area contributed by atoms with Crippen LogP contribution in [-0.2, 0) is 16.0 Å². The third kappa shape index (κ3) is 3.47. The maximum atomic E-state index is 12.5. The predicted octanol–water partition coefficient (Wildman–Crippen LogP) is 0.264. The lowest BCUT2D eigenvalue weighted by atomic mass is 10.2. The Hall–Kier alpha value is -2.90. The number of nitrogens with zero attached hydrogens (tertiary/aromatic N) is 2. The van der Waals surface area contributed by atoms with E-state index < -0.39 is 30.2 Å². The van der Waals surface area contributed by atoms with E-state index in [1.54, 1.807) is 10.6 Å². The van der Waals surface area contributed by atoms with Crippen LogP contribution in [0.3, 0.4) is 0 Å². The smallest absolute Gasteiger partial charge is 0.326 e. The van der Waals surface area contributed by atoms with Gasteiger partial charge in [0.1, 0.15) is 17.4 Å². The van der Waals surface area contributed by atoms with Gasteiger partial charge in [-0.1, -0.05) is 6.92 Å². The molecule has 0 saturated carbocycles. The fraction of sp³-hybridized carbons (Fsp3) is 0.333. The van der Waals surface area contributed by atoms with E-state index in [-0.39, 0.29) is 5.69 Å². The van der Waals surface area contributed by atoms with Gasteiger partial charge in [-0.3, -0.25) is 14.0 Å². The minimum absolute atomic E-state index is 0.262. The fourth-order valence-corrected chi connectivity index (χ4v) is 2.31. The Labute approximate surface area is 132 Å². The van der Waals surface area contributed by atoms with Crippen LogP contribution in [0.2, 0.25) is 0 Å². The molecule has 2 aromatic heterocycles. The van der Waals surface area contributed by atoms with Gasteiger partial charge >= 0.3 is 5.97 Å². The summed E-state index contributed by atoms with van der Waals surface area (Å²) in [5, 5.41) is 11.4. The molecule has 8 heteroatoms. The van der Waals surface area contributed by atoms with E-state index in [9.17, 15) is 14.4 Å². The van der Waals surface area contributed by atoms with Crippen molar-refractivity contribution in [3.63, 3.8) is 0 Å². The van der Waals surface area contributed by atoms with Crippen LogP contribution in [0.15, 0.2) is 18.3 Å². The maximum Gasteiger partial charge on any atom is 0.326 e. The van der Waals surface area contributed by atoms with Crippen molar-refractivity contribution in [3.8, 4) is 0 Å². The number of pyridine rings is 1. The summed E-state index contributed by atoms with van der Waals surface area (Å²) in [7, 11) is 0. The Morgan fingerprint density at radius 2 is 2.13 bits per heavy atom. The first-order valence-corrected chi connectivity index (χ1v) is 7.13.